The summed E-state index contributed by atoms with van der Waals surface area (Å²) in [5.74, 6) is 0. The lowest BCUT2D eigenvalue weighted by atomic mass is 9.96. The maximum Gasteiger partial charge on any atom is 0.410 e. The van der Waals surface area contributed by atoms with Gasteiger partial charge in [0.2, 0.25) is 0 Å². The molecule has 0 saturated carbocycles. The van der Waals surface area contributed by atoms with Crippen molar-refractivity contribution < 1.29 is 9.53 Å². The molecule has 2 saturated heterocycles. The van der Waals surface area contributed by atoms with Crippen LogP contribution in [-0.2, 0) is 11.2 Å². The summed E-state index contributed by atoms with van der Waals surface area (Å²) < 4.78 is 5.86. The number of hydrogen-bond acceptors (Lipinski definition) is 4. The fourth-order valence-electron chi connectivity index (χ4n) is 4.37. The van der Waals surface area contributed by atoms with E-state index in [1.54, 1.807) is 0 Å². The van der Waals surface area contributed by atoms with Gasteiger partial charge in [0, 0.05) is 32.2 Å². The first-order chi connectivity index (χ1) is 14.1. The lowest BCUT2D eigenvalue weighted by Gasteiger charge is -2.37. The zero-order chi connectivity index (χ0) is 20.2. The minimum Gasteiger partial charge on any atom is -0.442 e. The first kappa shape index (κ1) is 19.9. The van der Waals surface area contributed by atoms with E-state index in [9.17, 15) is 4.79 Å². The number of cyclic esters (lactones) is 1. The van der Waals surface area contributed by atoms with Gasteiger partial charge in [0.25, 0.3) is 0 Å². The second-order valence-corrected chi connectivity index (χ2v) is 8.30. The Morgan fingerprint density at radius 1 is 1.00 bits per heavy atom. The van der Waals surface area contributed by atoms with E-state index in [-0.39, 0.29) is 24.3 Å². The first-order valence-corrected chi connectivity index (χ1v) is 10.7. The second-order valence-electron chi connectivity index (χ2n) is 8.30. The van der Waals surface area contributed by atoms with Crippen LogP contribution in [0.1, 0.15) is 36.6 Å². The molecule has 29 heavy (non-hydrogen) atoms. The van der Waals surface area contributed by atoms with Crippen molar-refractivity contribution in [3.05, 3.63) is 71.3 Å². The van der Waals surface area contributed by atoms with Crippen LogP contribution in [0.2, 0.25) is 0 Å². The molecule has 0 radical (unpaired) electrons. The fourth-order valence-corrected chi connectivity index (χ4v) is 4.37. The zero-order valence-corrected chi connectivity index (χ0v) is 17.4. The van der Waals surface area contributed by atoms with Crippen LogP contribution in [0.25, 0.3) is 0 Å². The highest BCUT2D eigenvalue weighted by Gasteiger charge is 2.41. The van der Waals surface area contributed by atoms with Crippen LogP contribution in [0.4, 0.5) is 4.79 Å². The minimum absolute atomic E-state index is 0.0931. The monoisotopic (exact) mass is 393 g/mol. The number of benzene rings is 2. The Bertz CT molecular complexity index is 801. The molecule has 2 aliphatic heterocycles. The van der Waals surface area contributed by atoms with Crippen molar-refractivity contribution in [3.8, 4) is 0 Å². The Morgan fingerprint density at radius 2 is 1.66 bits per heavy atom. The van der Waals surface area contributed by atoms with Crippen molar-refractivity contribution in [1.82, 2.24) is 15.1 Å². The number of hydrogen-bond donors (Lipinski definition) is 1. The summed E-state index contributed by atoms with van der Waals surface area (Å²) in [6.07, 6.45) is 0.604. The second kappa shape index (κ2) is 8.97. The lowest BCUT2D eigenvalue weighted by molar-refractivity contribution is 0.0514. The lowest BCUT2D eigenvalue weighted by Crippen LogP contribution is -2.49. The SMILES string of the molecule is CC(C)N1CC(C(c2ccc(Cc3ccccc3)cc2)N2CCNCC2)OC1=O. The number of nitrogens with zero attached hydrogens (tertiary/aromatic N) is 2. The number of carbonyl (C=O) groups is 1. The average molecular weight is 394 g/mol. The van der Waals surface area contributed by atoms with E-state index in [4.69, 9.17) is 4.74 Å². The van der Waals surface area contributed by atoms with Gasteiger partial charge < -0.3 is 15.0 Å². The Labute approximate surface area is 173 Å². The molecule has 1 N–H and O–H groups in total. The summed E-state index contributed by atoms with van der Waals surface area (Å²) in [5, 5.41) is 3.42. The number of ether oxygens (including phenoxy) is 1. The maximum absolute atomic E-state index is 12.4. The molecule has 2 aromatic carbocycles. The van der Waals surface area contributed by atoms with Crippen LogP contribution >= 0.6 is 0 Å². The normalized spacial score (nSPS) is 21.4. The van der Waals surface area contributed by atoms with Crippen molar-refractivity contribution in [2.75, 3.05) is 32.7 Å². The molecule has 154 valence electrons. The molecular formula is C24H31N3O2. The number of amides is 1. The zero-order valence-electron chi connectivity index (χ0n) is 17.4. The van der Waals surface area contributed by atoms with Crippen molar-refractivity contribution in [2.45, 2.75) is 38.5 Å². The van der Waals surface area contributed by atoms with E-state index in [0.29, 0.717) is 6.54 Å². The molecule has 2 fully saturated rings. The van der Waals surface area contributed by atoms with Gasteiger partial charge in [-0.15, -0.1) is 0 Å². The third kappa shape index (κ3) is 4.62. The summed E-state index contributed by atoms with van der Waals surface area (Å²) >= 11 is 0. The Morgan fingerprint density at radius 3 is 2.28 bits per heavy atom. The van der Waals surface area contributed by atoms with Gasteiger partial charge in [-0.05, 0) is 37.0 Å². The third-order valence-electron chi connectivity index (χ3n) is 5.96. The van der Waals surface area contributed by atoms with Crippen molar-refractivity contribution in [2.24, 2.45) is 0 Å². The number of carbonyl (C=O) groups excluding carboxylic acids is 1. The molecule has 0 aliphatic carbocycles. The minimum atomic E-state index is -0.189. The standard InChI is InChI=1S/C24H31N3O2/c1-18(2)27-17-22(29-24(27)28)23(26-14-12-25-13-15-26)21-10-8-20(9-11-21)16-19-6-4-3-5-7-19/h3-11,18,22-23,25H,12-17H2,1-2H3. The molecule has 5 heteroatoms. The largest absolute Gasteiger partial charge is 0.442 e. The molecule has 2 heterocycles. The van der Waals surface area contributed by atoms with Crippen LogP contribution in [0.15, 0.2) is 54.6 Å². The highest BCUT2D eigenvalue weighted by molar-refractivity contribution is 5.70. The Hall–Kier alpha value is -2.37. The number of rotatable bonds is 6. The van der Waals surface area contributed by atoms with E-state index in [1.165, 1.54) is 16.7 Å². The Kier molecular flexibility index (Phi) is 6.16. The van der Waals surface area contributed by atoms with Gasteiger partial charge in [-0.2, -0.15) is 0 Å². The smallest absolute Gasteiger partial charge is 0.410 e. The molecule has 0 spiro atoms. The molecule has 5 nitrogen and oxygen atoms in total. The quantitative estimate of drug-likeness (QED) is 0.816. The molecule has 2 unspecified atom stereocenters. The van der Waals surface area contributed by atoms with E-state index in [2.05, 4.69) is 58.7 Å². The summed E-state index contributed by atoms with van der Waals surface area (Å²) in [5.41, 5.74) is 3.84. The van der Waals surface area contributed by atoms with Crippen molar-refractivity contribution in [3.63, 3.8) is 0 Å². The van der Waals surface area contributed by atoms with Crippen molar-refractivity contribution >= 4 is 6.09 Å². The molecule has 1 amide bonds. The van der Waals surface area contributed by atoms with Crippen LogP contribution < -0.4 is 5.32 Å². The van der Waals surface area contributed by atoms with Crippen LogP contribution in [-0.4, -0.2) is 60.8 Å². The first-order valence-electron chi connectivity index (χ1n) is 10.7. The van der Waals surface area contributed by atoms with Gasteiger partial charge in [0.1, 0.15) is 6.10 Å². The van der Waals surface area contributed by atoms with Crippen LogP contribution in [0, 0.1) is 0 Å². The van der Waals surface area contributed by atoms with Gasteiger partial charge in [-0.25, -0.2) is 4.79 Å². The van der Waals surface area contributed by atoms with Gasteiger partial charge in [-0.1, -0.05) is 54.6 Å². The van der Waals surface area contributed by atoms with Gasteiger partial charge in [0.05, 0.1) is 12.6 Å². The molecule has 2 aliphatic rings. The van der Waals surface area contributed by atoms with Gasteiger partial charge >= 0.3 is 6.09 Å². The topological polar surface area (TPSA) is 44.8 Å². The fraction of sp³-hybridized carbons (Fsp3) is 0.458. The molecule has 2 atom stereocenters. The molecule has 4 rings (SSSR count). The average Bonchev–Trinajstić information content (AvgIpc) is 3.12. The maximum atomic E-state index is 12.4. The van der Waals surface area contributed by atoms with E-state index in [0.717, 1.165) is 32.6 Å². The van der Waals surface area contributed by atoms with Gasteiger partial charge in [0.15, 0.2) is 0 Å². The van der Waals surface area contributed by atoms with E-state index < -0.39 is 0 Å². The number of piperazine rings is 1. The van der Waals surface area contributed by atoms with Crippen LogP contribution in [0.3, 0.4) is 0 Å². The summed E-state index contributed by atoms with van der Waals surface area (Å²) in [4.78, 5) is 16.7. The molecule has 2 aromatic rings. The molecule has 0 aromatic heterocycles. The number of nitrogens with one attached hydrogen (secondary N) is 1. The summed E-state index contributed by atoms with van der Waals surface area (Å²) in [6.45, 7) is 8.60. The van der Waals surface area contributed by atoms with Gasteiger partial charge in [-0.3, -0.25) is 4.90 Å². The van der Waals surface area contributed by atoms with Crippen LogP contribution in [0.5, 0.6) is 0 Å². The predicted octanol–water partition coefficient (Wildman–Crippen LogP) is 3.45. The molecule has 0 bridgehead atoms. The van der Waals surface area contributed by atoms with E-state index in [1.807, 2.05) is 24.8 Å². The van der Waals surface area contributed by atoms with E-state index >= 15 is 0 Å². The highest BCUT2D eigenvalue weighted by atomic mass is 16.6. The molecular weight excluding hydrogens is 362 g/mol. The Balaban J connectivity index is 1.55. The summed E-state index contributed by atoms with van der Waals surface area (Å²) in [7, 11) is 0. The predicted molar refractivity (Wildman–Crippen MR) is 115 cm³/mol. The highest BCUT2D eigenvalue weighted by Crippen LogP contribution is 2.32. The third-order valence-corrected chi connectivity index (χ3v) is 5.96. The van der Waals surface area contributed by atoms with Crippen molar-refractivity contribution in [1.29, 1.82) is 0 Å². The summed E-state index contributed by atoms with van der Waals surface area (Å²) in [6, 6.07) is 19.7.